The Bertz CT molecular complexity index is 377. The van der Waals surface area contributed by atoms with Gasteiger partial charge in [0.2, 0.25) is 0 Å². The molecule has 0 heterocycles. The normalized spacial score (nSPS) is 12.7. The number of hydrogen-bond acceptors (Lipinski definition) is 6. The Hall–Kier alpha value is -0.140. The van der Waals surface area contributed by atoms with Gasteiger partial charge in [0, 0.05) is 37.3 Å². The van der Waals surface area contributed by atoms with Gasteiger partial charge in [-0.15, -0.1) is 0 Å². The summed E-state index contributed by atoms with van der Waals surface area (Å²) in [5.74, 6) is 0.294. The Kier molecular flexibility index (Phi) is 14.7. The molecule has 0 spiro atoms. The van der Waals surface area contributed by atoms with Gasteiger partial charge in [-0.05, 0) is 25.3 Å². The van der Waals surface area contributed by atoms with E-state index in [1.165, 1.54) is 0 Å². The topological polar surface area (TPSA) is 48.0 Å². The lowest BCUT2D eigenvalue weighted by Crippen LogP contribution is -2.32. The predicted octanol–water partition coefficient (Wildman–Crippen LogP) is 3.85. The quantitative estimate of drug-likeness (QED) is 0.294. The van der Waals surface area contributed by atoms with Gasteiger partial charge in [0.05, 0.1) is 33.0 Å². The molecule has 0 bridgehead atoms. The molecule has 0 atom stereocenters. The minimum Gasteiger partial charge on any atom is -0.379 e. The molecule has 0 aromatic rings. The van der Waals surface area contributed by atoms with E-state index < -0.39 is 0 Å². The molecule has 162 valence electrons. The van der Waals surface area contributed by atoms with Crippen molar-refractivity contribution in [3.63, 3.8) is 0 Å². The first-order valence-electron chi connectivity index (χ1n) is 10.2. The second-order valence-corrected chi connectivity index (χ2v) is 10.3. The van der Waals surface area contributed by atoms with E-state index in [2.05, 4.69) is 45.3 Å². The molecule has 0 fully saturated rings. The summed E-state index contributed by atoms with van der Waals surface area (Å²) in [6.45, 7) is 16.4. The maximum absolute atomic E-state index is 11.7. The molecule has 0 amide bonds. The van der Waals surface area contributed by atoms with Crippen molar-refractivity contribution < 1.29 is 19.0 Å². The van der Waals surface area contributed by atoms with Crippen molar-refractivity contribution in [2.24, 2.45) is 5.41 Å². The van der Waals surface area contributed by atoms with E-state index in [0.717, 1.165) is 32.5 Å². The van der Waals surface area contributed by atoms with Gasteiger partial charge >= 0.3 is 0 Å². The number of ketones is 1. The molecule has 0 aliphatic rings. The smallest absolute Gasteiger partial charge is 0.133 e. The van der Waals surface area contributed by atoms with E-state index in [1.807, 2.05) is 13.8 Å². The Balaban J connectivity index is 3.31. The zero-order chi connectivity index (χ0) is 20.8. The lowest BCUT2D eigenvalue weighted by Gasteiger charge is -2.26. The summed E-state index contributed by atoms with van der Waals surface area (Å²) in [6, 6.07) is 0. The number of hydrogen-bond donors (Lipinski definition) is 1. The average Bonchev–Trinajstić information content (AvgIpc) is 2.51. The van der Waals surface area contributed by atoms with Crippen LogP contribution in [0.2, 0.25) is 0 Å². The molecular formula is C21H43NO4S. The van der Waals surface area contributed by atoms with E-state index in [-0.39, 0.29) is 4.75 Å². The number of rotatable bonds is 17. The minimum absolute atomic E-state index is 0.0738. The summed E-state index contributed by atoms with van der Waals surface area (Å²) >= 11 is 4.43. The minimum atomic E-state index is -0.0738. The van der Waals surface area contributed by atoms with Crippen molar-refractivity contribution in [1.29, 1.82) is 0 Å². The Labute approximate surface area is 172 Å². The molecule has 0 rings (SSSR count). The van der Waals surface area contributed by atoms with Gasteiger partial charge in [-0.25, -0.2) is 0 Å². The first kappa shape index (κ1) is 26.9. The van der Waals surface area contributed by atoms with Crippen LogP contribution in [-0.2, 0) is 19.0 Å². The highest BCUT2D eigenvalue weighted by Crippen LogP contribution is 2.19. The highest BCUT2D eigenvalue weighted by Gasteiger charge is 2.14. The summed E-state index contributed by atoms with van der Waals surface area (Å²) in [4.78, 5) is 14.0. The molecule has 0 saturated heterocycles. The van der Waals surface area contributed by atoms with Crippen LogP contribution in [0.5, 0.6) is 0 Å². The molecule has 5 nitrogen and oxygen atoms in total. The molecule has 0 aromatic heterocycles. The van der Waals surface area contributed by atoms with E-state index in [1.54, 1.807) is 0 Å². The summed E-state index contributed by atoms with van der Waals surface area (Å²) < 4.78 is 16.5. The number of ether oxygens (including phenoxy) is 3. The molecule has 6 heteroatoms. The largest absolute Gasteiger partial charge is 0.379 e. The van der Waals surface area contributed by atoms with Crippen molar-refractivity contribution in [2.75, 3.05) is 59.8 Å². The highest BCUT2D eigenvalue weighted by atomic mass is 32.1. The molecule has 0 saturated carbocycles. The number of Topliss-reactive ketones (excluding diaryl/α,β-unsaturated/α-hetero) is 1. The number of nitrogens with zero attached hydrogens (tertiary/aromatic N) is 1. The van der Waals surface area contributed by atoms with E-state index >= 15 is 0 Å². The Morgan fingerprint density at radius 3 is 1.89 bits per heavy atom. The number of likely N-dealkylation sites (N-methyl/N-ethyl adjacent to an activating group) is 1. The fraction of sp³-hybridized carbons (Fsp3) is 0.952. The van der Waals surface area contributed by atoms with Gasteiger partial charge in [0.1, 0.15) is 5.78 Å². The van der Waals surface area contributed by atoms with Crippen molar-refractivity contribution in [2.45, 2.75) is 65.0 Å². The van der Waals surface area contributed by atoms with Gasteiger partial charge in [0.15, 0.2) is 0 Å². The van der Waals surface area contributed by atoms with Gasteiger partial charge in [-0.1, -0.05) is 34.6 Å². The second kappa shape index (κ2) is 14.8. The monoisotopic (exact) mass is 405 g/mol. The third-order valence-corrected chi connectivity index (χ3v) is 4.09. The standard InChI is InChI=1S/C21H43NO4S/c1-20(2,3)18-22(6)11-13-25-15-17-26-16-14-24-12-7-8-19(23)9-10-21(4,5)27/h27H,7-18H2,1-6H3. The molecular weight excluding hydrogens is 362 g/mol. The molecule has 0 aliphatic carbocycles. The lowest BCUT2D eigenvalue weighted by atomic mass is 9.96. The van der Waals surface area contributed by atoms with Crippen molar-refractivity contribution in [1.82, 2.24) is 4.90 Å². The molecule has 0 unspecified atom stereocenters. The van der Waals surface area contributed by atoms with Crippen molar-refractivity contribution in [3.8, 4) is 0 Å². The predicted molar refractivity (Wildman–Crippen MR) is 116 cm³/mol. The van der Waals surface area contributed by atoms with E-state index in [4.69, 9.17) is 14.2 Å². The summed E-state index contributed by atoms with van der Waals surface area (Å²) in [5.41, 5.74) is 0.314. The average molecular weight is 406 g/mol. The third kappa shape index (κ3) is 22.0. The third-order valence-electron chi connectivity index (χ3n) is 3.87. The van der Waals surface area contributed by atoms with Gasteiger partial charge in [-0.2, -0.15) is 12.6 Å². The van der Waals surface area contributed by atoms with Crippen molar-refractivity contribution >= 4 is 18.4 Å². The molecule has 0 aromatic carbocycles. The molecule has 0 aliphatic heterocycles. The van der Waals surface area contributed by atoms with Crippen LogP contribution in [-0.4, -0.2) is 75.2 Å². The first-order chi connectivity index (χ1) is 12.5. The van der Waals surface area contributed by atoms with E-state index in [0.29, 0.717) is 57.1 Å². The Morgan fingerprint density at radius 1 is 0.852 bits per heavy atom. The number of carbonyl (C=O) groups excluding carboxylic acids is 1. The summed E-state index contributed by atoms with van der Waals surface area (Å²) in [5, 5.41) is 0. The molecule has 27 heavy (non-hydrogen) atoms. The first-order valence-corrected chi connectivity index (χ1v) is 10.6. The van der Waals surface area contributed by atoms with Crippen LogP contribution >= 0.6 is 12.6 Å². The van der Waals surface area contributed by atoms with Crippen LogP contribution in [0.1, 0.15) is 60.3 Å². The van der Waals surface area contributed by atoms with Crippen molar-refractivity contribution in [3.05, 3.63) is 0 Å². The fourth-order valence-electron chi connectivity index (χ4n) is 2.59. The highest BCUT2D eigenvalue weighted by molar-refractivity contribution is 7.81. The molecule has 0 radical (unpaired) electrons. The molecule has 0 N–H and O–H groups in total. The summed E-state index contributed by atoms with van der Waals surface area (Å²) in [7, 11) is 2.12. The zero-order valence-electron chi connectivity index (χ0n) is 18.5. The zero-order valence-corrected chi connectivity index (χ0v) is 19.4. The maximum atomic E-state index is 11.7. The van der Waals surface area contributed by atoms with Gasteiger partial charge in [-0.3, -0.25) is 4.79 Å². The summed E-state index contributed by atoms with van der Waals surface area (Å²) in [6.07, 6.45) is 2.78. The van der Waals surface area contributed by atoms with Gasteiger partial charge < -0.3 is 19.1 Å². The van der Waals surface area contributed by atoms with Crippen LogP contribution in [0.3, 0.4) is 0 Å². The maximum Gasteiger partial charge on any atom is 0.133 e. The van der Waals surface area contributed by atoms with E-state index in [9.17, 15) is 4.79 Å². The SMILES string of the molecule is CN(CCOCCOCCOCCCC(=O)CCC(C)(C)S)CC(C)(C)C. The van der Waals surface area contributed by atoms with Crippen LogP contribution in [0.4, 0.5) is 0 Å². The second-order valence-electron chi connectivity index (χ2n) is 9.09. The Morgan fingerprint density at radius 2 is 1.37 bits per heavy atom. The van der Waals surface area contributed by atoms with Crippen LogP contribution in [0, 0.1) is 5.41 Å². The van der Waals surface area contributed by atoms with Crippen LogP contribution < -0.4 is 0 Å². The van der Waals surface area contributed by atoms with Gasteiger partial charge in [0.25, 0.3) is 0 Å². The van der Waals surface area contributed by atoms with Crippen LogP contribution in [0.15, 0.2) is 0 Å². The lowest BCUT2D eigenvalue weighted by molar-refractivity contribution is -0.119. The number of carbonyl (C=O) groups is 1. The fourth-order valence-corrected chi connectivity index (χ4v) is 2.70. The van der Waals surface area contributed by atoms with Crippen LogP contribution in [0.25, 0.3) is 0 Å². The number of thiol groups is 1.